The van der Waals surface area contributed by atoms with Crippen LogP contribution in [0.15, 0.2) is 97.1 Å². The lowest BCUT2D eigenvalue weighted by Gasteiger charge is -2.15. The van der Waals surface area contributed by atoms with Crippen molar-refractivity contribution < 1.29 is 0 Å². The largest absolute Gasteiger partial charge is 0.0616 e. The fraction of sp³-hybridized carbons (Fsp3) is 0. The maximum Gasteiger partial charge on any atom is -0.000785 e. The summed E-state index contributed by atoms with van der Waals surface area (Å²) in [6, 6.07) is 35.7. The molecule has 0 atom stereocenters. The summed E-state index contributed by atoms with van der Waals surface area (Å²) in [7, 11) is 0. The van der Waals surface area contributed by atoms with E-state index in [1.165, 1.54) is 75.4 Å². The number of fused-ring (bicyclic) bond motifs is 13. The zero-order valence-corrected chi connectivity index (χ0v) is 17.4. The summed E-state index contributed by atoms with van der Waals surface area (Å²) in [5.74, 6) is 0. The van der Waals surface area contributed by atoms with E-state index in [0.717, 1.165) is 0 Å². The third kappa shape index (κ3) is 1.93. The molecule has 8 rings (SSSR count). The fourth-order valence-electron chi connectivity index (χ4n) is 6.00. The summed E-state index contributed by atoms with van der Waals surface area (Å²) in [5.41, 5.74) is 5.41. The molecule has 0 amide bonds. The summed E-state index contributed by atoms with van der Waals surface area (Å²) in [5, 5.41) is 13.4. The zero-order valence-electron chi connectivity index (χ0n) is 17.4. The van der Waals surface area contributed by atoms with Crippen LogP contribution in [0.1, 0.15) is 11.1 Å². The Hall–Kier alpha value is -4.16. The SMILES string of the molecule is C1=c2ccccc2=c2ccc3ccc4c5ccccc5c5c(c4c3c21)-c1ccccc1C=5. The van der Waals surface area contributed by atoms with Crippen LogP contribution in [0.3, 0.4) is 0 Å². The van der Waals surface area contributed by atoms with E-state index in [1.54, 1.807) is 0 Å². The molecule has 0 spiro atoms. The smallest absolute Gasteiger partial charge is 0.000785 e. The van der Waals surface area contributed by atoms with E-state index in [-0.39, 0.29) is 0 Å². The summed E-state index contributed by atoms with van der Waals surface area (Å²) in [4.78, 5) is 0. The summed E-state index contributed by atoms with van der Waals surface area (Å²) in [6.07, 6.45) is 4.77. The first kappa shape index (κ1) is 16.5. The standard InChI is InChI=1S/C32H18/c1-3-9-22-20(7-1)17-28-26(22)15-13-19-14-16-27-24-11-5-6-12-25(24)29-18-21-8-2-4-10-23(21)31(29)32(27)30(19)28/h1-18H. The second-order valence-corrected chi connectivity index (χ2v) is 8.91. The lowest BCUT2D eigenvalue weighted by molar-refractivity contribution is 1.50. The molecule has 0 saturated carbocycles. The Labute approximate surface area is 184 Å². The van der Waals surface area contributed by atoms with Crippen molar-refractivity contribution >= 4 is 44.5 Å². The normalized spacial score (nSPS) is 12.9. The van der Waals surface area contributed by atoms with Gasteiger partial charge in [0.1, 0.15) is 0 Å². The lowest BCUT2D eigenvalue weighted by Crippen LogP contribution is -2.05. The highest BCUT2D eigenvalue weighted by Gasteiger charge is 2.21. The van der Waals surface area contributed by atoms with Gasteiger partial charge in [-0.1, -0.05) is 97.1 Å². The van der Waals surface area contributed by atoms with Crippen LogP contribution in [0.25, 0.3) is 55.6 Å². The van der Waals surface area contributed by atoms with Crippen LogP contribution in [-0.2, 0) is 0 Å². The molecule has 0 N–H and O–H groups in total. The predicted octanol–water partition coefficient (Wildman–Crippen LogP) is 6.38. The molecule has 6 aromatic rings. The van der Waals surface area contributed by atoms with Gasteiger partial charge in [-0.25, -0.2) is 0 Å². The molecule has 0 aliphatic heterocycles. The molecule has 2 aliphatic rings. The van der Waals surface area contributed by atoms with E-state index in [1.807, 2.05) is 0 Å². The first-order valence-corrected chi connectivity index (χ1v) is 11.2. The van der Waals surface area contributed by atoms with Crippen molar-refractivity contribution in [2.75, 3.05) is 0 Å². The number of benzene rings is 6. The molecule has 0 nitrogen and oxygen atoms in total. The van der Waals surface area contributed by atoms with E-state index < -0.39 is 0 Å². The summed E-state index contributed by atoms with van der Waals surface area (Å²) in [6.45, 7) is 0. The Morgan fingerprint density at radius 1 is 0.469 bits per heavy atom. The van der Waals surface area contributed by atoms with Crippen molar-refractivity contribution in [2.45, 2.75) is 0 Å². The molecule has 0 heteroatoms. The second kappa shape index (κ2) is 5.75. The Kier molecular flexibility index (Phi) is 2.97. The maximum absolute atomic E-state index is 2.39. The zero-order chi connectivity index (χ0) is 20.8. The van der Waals surface area contributed by atoms with E-state index in [2.05, 4.69) is 109 Å². The van der Waals surface area contributed by atoms with Gasteiger partial charge in [-0.3, -0.25) is 0 Å². The molecule has 0 unspecified atom stereocenters. The molecule has 0 fully saturated rings. The number of rotatable bonds is 0. The van der Waals surface area contributed by atoms with Crippen molar-refractivity contribution in [2.24, 2.45) is 0 Å². The van der Waals surface area contributed by atoms with Crippen LogP contribution < -0.4 is 10.4 Å². The van der Waals surface area contributed by atoms with Crippen molar-refractivity contribution in [3.8, 4) is 11.1 Å². The highest BCUT2D eigenvalue weighted by Crippen LogP contribution is 2.41. The highest BCUT2D eigenvalue weighted by atomic mass is 14.2. The molecule has 0 aromatic heterocycles. The van der Waals surface area contributed by atoms with Crippen LogP contribution >= 0.6 is 0 Å². The average Bonchev–Trinajstić information content (AvgIpc) is 3.42. The third-order valence-corrected chi connectivity index (χ3v) is 7.33. The van der Waals surface area contributed by atoms with Gasteiger partial charge in [0.15, 0.2) is 0 Å². The van der Waals surface area contributed by atoms with E-state index in [9.17, 15) is 0 Å². The van der Waals surface area contributed by atoms with Gasteiger partial charge in [0.25, 0.3) is 0 Å². The van der Waals surface area contributed by atoms with Crippen LogP contribution in [0.4, 0.5) is 0 Å². The van der Waals surface area contributed by atoms with Gasteiger partial charge in [0.05, 0.1) is 0 Å². The van der Waals surface area contributed by atoms with E-state index in [4.69, 9.17) is 0 Å². The third-order valence-electron chi connectivity index (χ3n) is 7.33. The van der Waals surface area contributed by atoms with Crippen LogP contribution in [0.5, 0.6) is 0 Å². The lowest BCUT2D eigenvalue weighted by atomic mass is 9.88. The Morgan fingerprint density at radius 3 is 2.22 bits per heavy atom. The summed E-state index contributed by atoms with van der Waals surface area (Å²) < 4.78 is 0. The van der Waals surface area contributed by atoms with E-state index in [0.29, 0.717) is 0 Å². The van der Waals surface area contributed by atoms with Gasteiger partial charge >= 0.3 is 0 Å². The highest BCUT2D eigenvalue weighted by molar-refractivity contribution is 6.26. The molecular formula is C32H18. The minimum atomic E-state index is 1.31. The first-order valence-electron chi connectivity index (χ1n) is 11.2. The second-order valence-electron chi connectivity index (χ2n) is 8.91. The van der Waals surface area contributed by atoms with Gasteiger partial charge in [-0.05, 0) is 87.6 Å². The van der Waals surface area contributed by atoms with Gasteiger partial charge in [-0.15, -0.1) is 0 Å². The van der Waals surface area contributed by atoms with Crippen molar-refractivity contribution in [1.82, 2.24) is 0 Å². The summed E-state index contributed by atoms with van der Waals surface area (Å²) >= 11 is 0. The monoisotopic (exact) mass is 402 g/mol. The Morgan fingerprint density at radius 2 is 1.25 bits per heavy atom. The quantitative estimate of drug-likeness (QED) is 0.258. The molecule has 0 bridgehead atoms. The van der Waals surface area contributed by atoms with Crippen LogP contribution in [-0.4, -0.2) is 0 Å². The number of hydrogen-bond donors (Lipinski definition) is 0. The predicted molar refractivity (Wildman–Crippen MR) is 135 cm³/mol. The molecular weight excluding hydrogens is 384 g/mol. The molecule has 6 aromatic carbocycles. The topological polar surface area (TPSA) is 0 Å². The van der Waals surface area contributed by atoms with Crippen LogP contribution in [0.2, 0.25) is 0 Å². The minimum Gasteiger partial charge on any atom is -0.0616 e. The molecule has 0 radical (unpaired) electrons. The van der Waals surface area contributed by atoms with E-state index >= 15 is 0 Å². The fourth-order valence-corrected chi connectivity index (χ4v) is 6.00. The molecule has 0 heterocycles. The minimum absolute atomic E-state index is 1.31. The van der Waals surface area contributed by atoms with Crippen molar-refractivity contribution in [1.29, 1.82) is 0 Å². The van der Waals surface area contributed by atoms with Gasteiger partial charge in [0, 0.05) is 0 Å². The molecule has 32 heavy (non-hydrogen) atoms. The average molecular weight is 402 g/mol. The molecule has 2 aliphatic carbocycles. The first-order chi connectivity index (χ1) is 15.9. The number of hydrogen-bond acceptors (Lipinski definition) is 0. The maximum atomic E-state index is 2.39. The molecule has 0 saturated heterocycles. The van der Waals surface area contributed by atoms with Crippen molar-refractivity contribution in [3.05, 3.63) is 129 Å². The Balaban J connectivity index is 1.74. The van der Waals surface area contributed by atoms with Gasteiger partial charge in [-0.2, -0.15) is 0 Å². The molecule has 146 valence electrons. The van der Waals surface area contributed by atoms with Crippen molar-refractivity contribution in [3.63, 3.8) is 0 Å². The van der Waals surface area contributed by atoms with Gasteiger partial charge in [0.2, 0.25) is 0 Å². The van der Waals surface area contributed by atoms with Gasteiger partial charge < -0.3 is 0 Å². The van der Waals surface area contributed by atoms with Crippen LogP contribution in [0, 0.1) is 10.4 Å². The Bertz CT molecular complexity index is 2020.